The summed E-state index contributed by atoms with van der Waals surface area (Å²) in [6.45, 7) is 9.17. The average molecular weight is 286 g/mol. The van der Waals surface area contributed by atoms with Crippen molar-refractivity contribution in [2.75, 3.05) is 26.2 Å². The summed E-state index contributed by atoms with van der Waals surface area (Å²) in [4.78, 5) is 25.0. The van der Waals surface area contributed by atoms with Gasteiger partial charge in [0, 0.05) is 19.1 Å². The van der Waals surface area contributed by atoms with E-state index in [1.54, 1.807) is 11.8 Å². The second kappa shape index (κ2) is 7.47. The Morgan fingerprint density at radius 1 is 1.35 bits per heavy atom. The lowest BCUT2D eigenvalue weighted by Crippen LogP contribution is -2.50. The van der Waals surface area contributed by atoms with Crippen LogP contribution in [0.15, 0.2) is 0 Å². The molecule has 1 atom stereocenters. The smallest absolute Gasteiger partial charge is 0.410 e. The molecule has 20 heavy (non-hydrogen) atoms. The molecule has 1 aliphatic rings. The molecule has 0 aromatic rings. The highest BCUT2D eigenvalue weighted by Crippen LogP contribution is 2.15. The average Bonchev–Trinajstić information content (AvgIpc) is 2.35. The van der Waals surface area contributed by atoms with E-state index in [-0.39, 0.29) is 24.6 Å². The molecule has 0 aromatic heterocycles. The van der Waals surface area contributed by atoms with E-state index >= 15 is 0 Å². The number of carbonyl (C=O) groups excluding carboxylic acids is 2. The van der Waals surface area contributed by atoms with Gasteiger partial charge >= 0.3 is 12.1 Å². The zero-order chi connectivity index (χ0) is 15.2. The SMILES string of the molecule is CCOC(=O)CN[C@@H]1CCCN(C(=O)OC(C)(C)C)C1. The van der Waals surface area contributed by atoms with E-state index in [1.807, 2.05) is 20.8 Å². The van der Waals surface area contributed by atoms with E-state index in [2.05, 4.69) is 5.32 Å². The van der Waals surface area contributed by atoms with Crippen LogP contribution in [-0.4, -0.2) is 54.8 Å². The Labute approximate surface area is 120 Å². The minimum atomic E-state index is -0.484. The number of likely N-dealkylation sites (tertiary alicyclic amines) is 1. The summed E-state index contributed by atoms with van der Waals surface area (Å²) in [7, 11) is 0. The van der Waals surface area contributed by atoms with Crippen LogP contribution in [0.2, 0.25) is 0 Å². The van der Waals surface area contributed by atoms with E-state index < -0.39 is 5.60 Å². The first kappa shape index (κ1) is 16.8. The number of nitrogens with one attached hydrogen (secondary N) is 1. The Balaban J connectivity index is 2.38. The van der Waals surface area contributed by atoms with Gasteiger partial charge in [0.1, 0.15) is 5.60 Å². The third-order valence-electron chi connectivity index (χ3n) is 2.91. The minimum absolute atomic E-state index is 0.112. The Kier molecular flexibility index (Phi) is 6.26. The van der Waals surface area contributed by atoms with E-state index in [9.17, 15) is 9.59 Å². The van der Waals surface area contributed by atoms with Gasteiger partial charge in [-0.15, -0.1) is 0 Å². The van der Waals surface area contributed by atoms with Crippen molar-refractivity contribution in [3.8, 4) is 0 Å². The number of esters is 1. The van der Waals surface area contributed by atoms with Crippen LogP contribution in [0.3, 0.4) is 0 Å². The quantitative estimate of drug-likeness (QED) is 0.794. The maximum Gasteiger partial charge on any atom is 0.410 e. The zero-order valence-electron chi connectivity index (χ0n) is 12.9. The number of hydrogen-bond donors (Lipinski definition) is 1. The van der Waals surface area contributed by atoms with Gasteiger partial charge in [-0.25, -0.2) is 4.79 Å². The molecule has 0 aliphatic carbocycles. The molecule has 1 rings (SSSR count). The van der Waals surface area contributed by atoms with Gasteiger partial charge in [0.15, 0.2) is 0 Å². The van der Waals surface area contributed by atoms with Crippen LogP contribution in [0.1, 0.15) is 40.5 Å². The van der Waals surface area contributed by atoms with Crippen molar-refractivity contribution in [3.63, 3.8) is 0 Å². The molecule has 0 aromatic carbocycles. The molecule has 0 saturated carbocycles. The first-order chi connectivity index (χ1) is 9.31. The minimum Gasteiger partial charge on any atom is -0.465 e. The third-order valence-corrected chi connectivity index (χ3v) is 2.91. The molecule has 1 aliphatic heterocycles. The van der Waals surface area contributed by atoms with Gasteiger partial charge in [0.25, 0.3) is 0 Å². The molecule has 1 amide bonds. The number of amides is 1. The fourth-order valence-electron chi connectivity index (χ4n) is 2.08. The number of nitrogens with zero attached hydrogens (tertiary/aromatic N) is 1. The first-order valence-electron chi connectivity index (χ1n) is 7.18. The maximum atomic E-state index is 12.0. The van der Waals surface area contributed by atoms with Gasteiger partial charge in [-0.05, 0) is 40.5 Å². The topological polar surface area (TPSA) is 67.9 Å². The van der Waals surface area contributed by atoms with Gasteiger partial charge in [-0.3, -0.25) is 4.79 Å². The molecule has 116 valence electrons. The summed E-state index contributed by atoms with van der Waals surface area (Å²) in [5, 5.41) is 3.13. The second-order valence-electron chi connectivity index (χ2n) is 5.95. The lowest BCUT2D eigenvalue weighted by molar-refractivity contribution is -0.142. The predicted octanol–water partition coefficient (Wildman–Crippen LogP) is 1.54. The molecular weight excluding hydrogens is 260 g/mol. The molecular formula is C14H26N2O4. The monoisotopic (exact) mass is 286 g/mol. The van der Waals surface area contributed by atoms with Crippen molar-refractivity contribution in [1.29, 1.82) is 0 Å². The van der Waals surface area contributed by atoms with Crippen molar-refractivity contribution in [2.45, 2.75) is 52.2 Å². The highest BCUT2D eigenvalue weighted by molar-refractivity contribution is 5.71. The van der Waals surface area contributed by atoms with Gasteiger partial charge in [0.05, 0.1) is 13.2 Å². The molecule has 0 radical (unpaired) electrons. The number of carbonyl (C=O) groups is 2. The van der Waals surface area contributed by atoms with Crippen LogP contribution in [0, 0.1) is 0 Å². The van der Waals surface area contributed by atoms with E-state index in [1.165, 1.54) is 0 Å². The van der Waals surface area contributed by atoms with E-state index in [4.69, 9.17) is 9.47 Å². The Morgan fingerprint density at radius 3 is 2.65 bits per heavy atom. The van der Waals surface area contributed by atoms with Gasteiger partial charge in [0.2, 0.25) is 0 Å². The van der Waals surface area contributed by atoms with Crippen LogP contribution in [-0.2, 0) is 14.3 Å². The third kappa shape index (κ3) is 6.23. The largest absolute Gasteiger partial charge is 0.465 e. The molecule has 0 spiro atoms. The standard InChI is InChI=1S/C14H26N2O4/c1-5-19-12(17)9-15-11-7-6-8-16(10-11)13(18)20-14(2,3)4/h11,15H,5-10H2,1-4H3/t11-/m1/s1. The second-order valence-corrected chi connectivity index (χ2v) is 5.95. The van der Waals surface area contributed by atoms with Crippen LogP contribution in [0.25, 0.3) is 0 Å². The molecule has 1 saturated heterocycles. The van der Waals surface area contributed by atoms with Crippen molar-refractivity contribution in [1.82, 2.24) is 10.2 Å². The molecule has 0 bridgehead atoms. The van der Waals surface area contributed by atoms with Gasteiger partial charge in [-0.2, -0.15) is 0 Å². The first-order valence-corrected chi connectivity index (χ1v) is 7.18. The summed E-state index contributed by atoms with van der Waals surface area (Å²) >= 11 is 0. The Hall–Kier alpha value is -1.30. The fourth-order valence-corrected chi connectivity index (χ4v) is 2.08. The highest BCUT2D eigenvalue weighted by atomic mass is 16.6. The van der Waals surface area contributed by atoms with E-state index in [0.29, 0.717) is 19.7 Å². The summed E-state index contributed by atoms with van der Waals surface area (Å²) in [5.74, 6) is -0.262. The maximum absolute atomic E-state index is 12.0. The summed E-state index contributed by atoms with van der Waals surface area (Å²) in [5.41, 5.74) is -0.484. The predicted molar refractivity (Wildman–Crippen MR) is 75.5 cm³/mol. The van der Waals surface area contributed by atoms with Crippen molar-refractivity contribution in [2.24, 2.45) is 0 Å². The van der Waals surface area contributed by atoms with Crippen LogP contribution >= 0.6 is 0 Å². The lowest BCUT2D eigenvalue weighted by atomic mass is 10.1. The summed E-state index contributed by atoms with van der Waals surface area (Å²) in [6, 6.07) is 0.112. The van der Waals surface area contributed by atoms with Crippen LogP contribution < -0.4 is 5.32 Å². The number of piperidine rings is 1. The molecule has 1 fully saturated rings. The van der Waals surface area contributed by atoms with Gasteiger partial charge < -0.3 is 19.7 Å². The zero-order valence-corrected chi connectivity index (χ0v) is 12.9. The number of hydrogen-bond acceptors (Lipinski definition) is 5. The molecule has 0 unspecified atom stereocenters. The number of ether oxygens (including phenoxy) is 2. The number of rotatable bonds is 4. The highest BCUT2D eigenvalue weighted by Gasteiger charge is 2.27. The van der Waals surface area contributed by atoms with Crippen molar-refractivity contribution in [3.05, 3.63) is 0 Å². The van der Waals surface area contributed by atoms with Crippen LogP contribution in [0.5, 0.6) is 0 Å². The van der Waals surface area contributed by atoms with Crippen molar-refractivity contribution < 1.29 is 19.1 Å². The van der Waals surface area contributed by atoms with E-state index in [0.717, 1.165) is 12.8 Å². The molecule has 1 N–H and O–H groups in total. The Bertz CT molecular complexity index is 339. The van der Waals surface area contributed by atoms with Crippen LogP contribution in [0.4, 0.5) is 4.79 Å². The summed E-state index contributed by atoms with van der Waals surface area (Å²) in [6.07, 6.45) is 1.55. The molecule has 6 heteroatoms. The molecule has 6 nitrogen and oxygen atoms in total. The van der Waals surface area contributed by atoms with Gasteiger partial charge in [-0.1, -0.05) is 0 Å². The fraction of sp³-hybridized carbons (Fsp3) is 0.857. The Morgan fingerprint density at radius 2 is 2.05 bits per heavy atom. The van der Waals surface area contributed by atoms with Crippen molar-refractivity contribution >= 4 is 12.1 Å². The lowest BCUT2D eigenvalue weighted by Gasteiger charge is -2.34. The normalized spacial score (nSPS) is 19.6. The molecule has 1 heterocycles. The summed E-state index contributed by atoms with van der Waals surface area (Å²) < 4.78 is 10.2.